The largest absolute Gasteiger partial charge is 0.370 e. The van der Waals surface area contributed by atoms with Crippen LogP contribution in [0.25, 0.3) is 0 Å². The molecule has 0 saturated carbocycles. The first kappa shape index (κ1) is 19.8. The summed E-state index contributed by atoms with van der Waals surface area (Å²) in [5, 5.41) is 7.10. The van der Waals surface area contributed by atoms with E-state index in [4.69, 9.17) is 4.99 Å². The average molecular weight is 414 g/mol. The maximum absolute atomic E-state index is 13.2. The number of aliphatic imine (C=N–C) groups is 1. The summed E-state index contributed by atoms with van der Waals surface area (Å²) < 4.78 is 28.0. The molecule has 1 aromatic carbocycles. The maximum Gasteiger partial charge on any atom is 0.244 e. The standard InChI is InChI=1S/C21H27N5O2S/c1-20(2,3)25-19-21(24-18-10-5-4-9-17(18)23-19)11-7-13-26(15-21)29(27,28)16-8-6-12-22-14-16/h4-6,8-10,12,14,24H,7,11,13,15H2,1-3H3,(H,23,25). The van der Waals surface area contributed by atoms with E-state index in [1.807, 2.05) is 45.0 Å². The normalized spacial score (nSPS) is 24.0. The summed E-state index contributed by atoms with van der Waals surface area (Å²) in [7, 11) is -3.63. The van der Waals surface area contributed by atoms with E-state index >= 15 is 0 Å². The van der Waals surface area contributed by atoms with Crippen LogP contribution in [0.5, 0.6) is 0 Å². The van der Waals surface area contributed by atoms with Crippen molar-refractivity contribution in [2.45, 2.75) is 49.6 Å². The number of sulfonamides is 1. The van der Waals surface area contributed by atoms with Crippen LogP contribution in [0.2, 0.25) is 0 Å². The van der Waals surface area contributed by atoms with Gasteiger partial charge in [0.25, 0.3) is 0 Å². The van der Waals surface area contributed by atoms with Gasteiger partial charge in [-0.2, -0.15) is 4.31 Å². The molecule has 1 fully saturated rings. The van der Waals surface area contributed by atoms with E-state index in [0.717, 1.165) is 30.1 Å². The van der Waals surface area contributed by atoms with Gasteiger partial charge < -0.3 is 10.6 Å². The Labute approximate surface area is 172 Å². The maximum atomic E-state index is 13.2. The van der Waals surface area contributed by atoms with Gasteiger partial charge in [-0.25, -0.2) is 8.42 Å². The zero-order valence-corrected chi connectivity index (χ0v) is 17.8. The smallest absolute Gasteiger partial charge is 0.244 e. The molecule has 0 aliphatic carbocycles. The summed E-state index contributed by atoms with van der Waals surface area (Å²) in [6, 6.07) is 11.2. The second kappa shape index (κ2) is 7.11. The Morgan fingerprint density at radius 3 is 2.59 bits per heavy atom. The van der Waals surface area contributed by atoms with E-state index in [9.17, 15) is 8.42 Å². The predicted molar refractivity (Wildman–Crippen MR) is 116 cm³/mol. The molecule has 1 atom stereocenters. The highest BCUT2D eigenvalue weighted by molar-refractivity contribution is 7.89. The number of benzene rings is 1. The van der Waals surface area contributed by atoms with Crippen molar-refractivity contribution in [2.24, 2.45) is 4.99 Å². The van der Waals surface area contributed by atoms with E-state index in [2.05, 4.69) is 15.6 Å². The number of amidine groups is 1. The predicted octanol–water partition coefficient (Wildman–Crippen LogP) is 3.34. The molecule has 2 aliphatic rings. The van der Waals surface area contributed by atoms with Crippen LogP contribution in [-0.4, -0.2) is 47.7 Å². The van der Waals surface area contributed by atoms with Crippen molar-refractivity contribution in [3.8, 4) is 0 Å². The Kier molecular flexibility index (Phi) is 4.86. The first-order chi connectivity index (χ1) is 13.7. The summed E-state index contributed by atoms with van der Waals surface area (Å²) >= 11 is 0. The fourth-order valence-electron chi connectivity index (χ4n) is 3.90. The van der Waals surface area contributed by atoms with Crippen LogP contribution in [0.3, 0.4) is 0 Å². The van der Waals surface area contributed by atoms with Gasteiger partial charge in [0.15, 0.2) is 0 Å². The van der Waals surface area contributed by atoms with E-state index in [1.165, 1.54) is 6.20 Å². The summed E-state index contributed by atoms with van der Waals surface area (Å²) in [6.45, 7) is 6.92. The lowest BCUT2D eigenvalue weighted by molar-refractivity contribution is 0.292. The number of piperidine rings is 1. The summed E-state index contributed by atoms with van der Waals surface area (Å²) in [4.78, 5) is 9.15. The highest BCUT2D eigenvalue weighted by atomic mass is 32.2. The minimum Gasteiger partial charge on any atom is -0.370 e. The molecule has 0 bridgehead atoms. The number of fused-ring (bicyclic) bond motifs is 1. The summed E-state index contributed by atoms with van der Waals surface area (Å²) in [5.74, 6) is 0.787. The molecular weight excluding hydrogens is 386 g/mol. The number of nitrogens with zero attached hydrogens (tertiary/aromatic N) is 3. The highest BCUT2D eigenvalue weighted by Gasteiger charge is 2.46. The quantitative estimate of drug-likeness (QED) is 0.789. The van der Waals surface area contributed by atoms with Gasteiger partial charge in [-0.1, -0.05) is 12.1 Å². The van der Waals surface area contributed by atoms with Gasteiger partial charge in [0, 0.05) is 25.5 Å². The molecular formula is C21H27N5O2S. The van der Waals surface area contributed by atoms with Crippen LogP contribution in [0.15, 0.2) is 58.7 Å². The van der Waals surface area contributed by atoms with Crippen LogP contribution >= 0.6 is 0 Å². The van der Waals surface area contributed by atoms with Gasteiger partial charge in [-0.05, 0) is 57.9 Å². The van der Waals surface area contributed by atoms with Crippen LogP contribution in [-0.2, 0) is 10.0 Å². The van der Waals surface area contributed by atoms with Gasteiger partial charge in [-0.3, -0.25) is 9.98 Å². The van der Waals surface area contributed by atoms with Crippen molar-refractivity contribution in [2.75, 3.05) is 23.7 Å². The molecule has 1 spiro atoms. The van der Waals surface area contributed by atoms with Crippen molar-refractivity contribution in [3.63, 3.8) is 0 Å². The minimum absolute atomic E-state index is 0.218. The Hall–Kier alpha value is -2.45. The van der Waals surface area contributed by atoms with Crippen LogP contribution in [0.1, 0.15) is 33.6 Å². The van der Waals surface area contributed by atoms with Gasteiger partial charge in [0.1, 0.15) is 16.3 Å². The van der Waals surface area contributed by atoms with E-state index in [1.54, 1.807) is 22.6 Å². The Bertz CT molecular complexity index is 1030. The lowest BCUT2D eigenvalue weighted by atomic mass is 9.85. The van der Waals surface area contributed by atoms with Crippen molar-refractivity contribution in [1.29, 1.82) is 0 Å². The molecule has 154 valence electrons. The van der Waals surface area contributed by atoms with Gasteiger partial charge >= 0.3 is 0 Å². The van der Waals surface area contributed by atoms with Crippen LogP contribution in [0, 0.1) is 0 Å². The number of aromatic nitrogens is 1. The number of rotatable bonds is 2. The van der Waals surface area contributed by atoms with Gasteiger partial charge in [0.2, 0.25) is 10.0 Å². The summed E-state index contributed by atoms with van der Waals surface area (Å²) in [5.41, 5.74) is 1.01. The third-order valence-electron chi connectivity index (χ3n) is 5.18. The monoisotopic (exact) mass is 413 g/mol. The first-order valence-electron chi connectivity index (χ1n) is 9.84. The number of nitrogens with one attached hydrogen (secondary N) is 2. The lowest BCUT2D eigenvalue weighted by Crippen LogP contribution is -2.62. The van der Waals surface area contributed by atoms with Gasteiger partial charge in [0.05, 0.1) is 16.9 Å². The third-order valence-corrected chi connectivity index (χ3v) is 7.01. The minimum atomic E-state index is -3.63. The van der Waals surface area contributed by atoms with Gasteiger partial charge in [-0.15, -0.1) is 0 Å². The molecule has 1 saturated heterocycles. The molecule has 3 heterocycles. The molecule has 2 aromatic rings. The molecule has 0 amide bonds. The fourth-order valence-corrected chi connectivity index (χ4v) is 5.40. The van der Waals surface area contributed by atoms with Crippen molar-refractivity contribution in [1.82, 2.24) is 9.29 Å². The van der Waals surface area contributed by atoms with Crippen molar-refractivity contribution >= 4 is 27.2 Å². The molecule has 4 rings (SSSR count). The topological polar surface area (TPSA) is 86.7 Å². The zero-order valence-electron chi connectivity index (χ0n) is 17.0. The number of pyridine rings is 1. The third kappa shape index (κ3) is 3.86. The fraction of sp³-hybridized carbons (Fsp3) is 0.429. The van der Waals surface area contributed by atoms with E-state index < -0.39 is 15.6 Å². The van der Waals surface area contributed by atoms with E-state index in [0.29, 0.717) is 13.1 Å². The Morgan fingerprint density at radius 1 is 1.14 bits per heavy atom. The number of para-hydroxylation sites is 2. The molecule has 2 aliphatic heterocycles. The SMILES string of the molecule is CC(C)(C)N=C1Nc2ccccc2NC12CCCN(S(=O)(=O)c1cccnc1)C2. The Morgan fingerprint density at radius 2 is 1.90 bits per heavy atom. The molecule has 1 aromatic heterocycles. The summed E-state index contributed by atoms with van der Waals surface area (Å²) in [6.07, 6.45) is 4.51. The Balaban J connectivity index is 1.75. The lowest BCUT2D eigenvalue weighted by Gasteiger charge is -2.47. The molecule has 1 unspecified atom stereocenters. The second-order valence-corrected chi connectivity index (χ2v) is 10.6. The number of hydrogen-bond acceptors (Lipinski definition) is 5. The van der Waals surface area contributed by atoms with Crippen LogP contribution < -0.4 is 10.6 Å². The van der Waals surface area contributed by atoms with Crippen LogP contribution in [0.4, 0.5) is 11.4 Å². The molecule has 2 N–H and O–H groups in total. The van der Waals surface area contributed by atoms with Crippen molar-refractivity contribution < 1.29 is 8.42 Å². The number of hydrogen-bond donors (Lipinski definition) is 2. The average Bonchev–Trinajstić information content (AvgIpc) is 2.68. The molecule has 7 nitrogen and oxygen atoms in total. The first-order valence-corrected chi connectivity index (χ1v) is 11.3. The second-order valence-electron chi connectivity index (χ2n) is 8.64. The zero-order chi connectivity index (χ0) is 20.7. The molecule has 8 heteroatoms. The van der Waals surface area contributed by atoms with E-state index in [-0.39, 0.29) is 10.4 Å². The highest BCUT2D eigenvalue weighted by Crippen LogP contribution is 2.38. The number of anilines is 2. The molecule has 0 radical (unpaired) electrons. The van der Waals surface area contributed by atoms with Crippen molar-refractivity contribution in [3.05, 3.63) is 48.8 Å². The molecule has 29 heavy (non-hydrogen) atoms.